The molecule has 8 heteroatoms. The predicted molar refractivity (Wildman–Crippen MR) is 225 cm³/mol. The van der Waals surface area contributed by atoms with Crippen molar-refractivity contribution in [2.24, 2.45) is 0 Å². The van der Waals surface area contributed by atoms with Gasteiger partial charge in [-0.15, -0.1) is 0 Å². The van der Waals surface area contributed by atoms with Gasteiger partial charge in [-0.05, 0) is 77.6 Å². The number of hydrogen-bond donors (Lipinski definition) is 0. The Bertz CT molecular complexity index is 3190. The van der Waals surface area contributed by atoms with Gasteiger partial charge in [0.05, 0.1) is 11.0 Å². The summed E-state index contributed by atoms with van der Waals surface area (Å²) in [6.07, 6.45) is 10.3. The Labute approximate surface area is 321 Å². The van der Waals surface area contributed by atoms with E-state index in [9.17, 15) is 0 Å². The fourth-order valence-electron chi connectivity index (χ4n) is 7.86. The maximum Gasteiger partial charge on any atom is 0.240 e. The smallest absolute Gasteiger partial charge is 0.240 e. The number of para-hydroxylation sites is 2. The molecule has 5 aromatic carbocycles. The molecule has 11 rings (SSSR count). The van der Waals surface area contributed by atoms with Crippen LogP contribution in [-0.2, 0) is 0 Å². The highest BCUT2D eigenvalue weighted by Crippen LogP contribution is 2.36. The zero-order valence-corrected chi connectivity index (χ0v) is 30.2. The van der Waals surface area contributed by atoms with Gasteiger partial charge in [0, 0.05) is 28.4 Å². The Kier molecular flexibility index (Phi) is 7.45. The zero-order valence-electron chi connectivity index (χ0n) is 30.2. The number of rotatable bonds is 6. The normalized spacial score (nSPS) is 12.9. The molecule has 0 bridgehead atoms. The highest BCUT2D eigenvalue weighted by atomic mass is 15.2. The lowest BCUT2D eigenvalue weighted by molar-refractivity contribution is 0.944. The van der Waals surface area contributed by atoms with Crippen molar-refractivity contribution in [1.29, 1.82) is 0 Å². The molecule has 264 valence electrons. The molecular weight excluding hydrogens is 689 g/mol. The highest BCUT2D eigenvalue weighted by Gasteiger charge is 2.24. The molecule has 1 aliphatic carbocycles. The molecule has 0 amide bonds. The van der Waals surface area contributed by atoms with Crippen LogP contribution in [0.15, 0.2) is 170 Å². The summed E-state index contributed by atoms with van der Waals surface area (Å²) in [6, 6.07) is 49.8. The quantitative estimate of drug-likeness (QED) is 0.170. The van der Waals surface area contributed by atoms with Gasteiger partial charge in [-0.25, -0.2) is 15.0 Å². The van der Waals surface area contributed by atoms with Crippen LogP contribution < -0.4 is 0 Å². The summed E-state index contributed by atoms with van der Waals surface area (Å²) in [7, 11) is 0. The van der Waals surface area contributed by atoms with Gasteiger partial charge < -0.3 is 0 Å². The molecule has 0 unspecified atom stereocenters. The third kappa shape index (κ3) is 5.30. The fourth-order valence-corrected chi connectivity index (χ4v) is 7.86. The van der Waals surface area contributed by atoms with Crippen LogP contribution in [0.4, 0.5) is 0 Å². The highest BCUT2D eigenvalue weighted by molar-refractivity contribution is 6.11. The van der Waals surface area contributed by atoms with Crippen molar-refractivity contribution in [3.63, 3.8) is 0 Å². The topological polar surface area (TPSA) is 87.2 Å². The molecule has 0 N–H and O–H groups in total. The Morgan fingerprint density at radius 3 is 1.89 bits per heavy atom. The number of pyridine rings is 1. The molecule has 5 aromatic heterocycles. The van der Waals surface area contributed by atoms with E-state index >= 15 is 0 Å². The molecule has 0 radical (unpaired) electrons. The number of benzene rings is 5. The molecule has 8 nitrogen and oxygen atoms in total. The van der Waals surface area contributed by atoms with Crippen LogP contribution in [0.5, 0.6) is 0 Å². The second-order valence-electron chi connectivity index (χ2n) is 13.9. The van der Waals surface area contributed by atoms with Crippen LogP contribution in [0, 0.1) is 0 Å². The fraction of sp³-hybridized carbons (Fsp3) is 0.0417. The molecule has 1 aliphatic rings. The molecular formula is C48H32N8. The maximum absolute atomic E-state index is 5.42. The van der Waals surface area contributed by atoms with Crippen LogP contribution in [0.3, 0.4) is 0 Å². The van der Waals surface area contributed by atoms with Crippen molar-refractivity contribution in [3.05, 3.63) is 176 Å². The number of nitrogens with zero attached hydrogens (tertiary/aromatic N) is 8. The van der Waals surface area contributed by atoms with Crippen LogP contribution in [-0.4, -0.2) is 39.0 Å². The van der Waals surface area contributed by atoms with Crippen LogP contribution in [0.25, 0.3) is 95.4 Å². The van der Waals surface area contributed by atoms with Crippen LogP contribution in [0.1, 0.15) is 18.4 Å². The molecule has 0 fully saturated rings. The summed E-state index contributed by atoms with van der Waals surface area (Å²) >= 11 is 0. The van der Waals surface area contributed by atoms with Gasteiger partial charge in [-0.2, -0.15) is 9.97 Å². The first kappa shape index (κ1) is 31.9. The summed E-state index contributed by atoms with van der Waals surface area (Å²) in [5.41, 5.74) is 12.8. The van der Waals surface area contributed by atoms with Crippen LogP contribution in [0.2, 0.25) is 0 Å². The standard InChI is InChI=1S/C48H32N8/c1-4-15-31(16-5-1)33-19-12-21-35(29-33)44-52-45(36-22-13-20-34(30-36)32-17-6-2-7-18-32)54-48(53-44)56-40-27-14-28-49-42(40)43-47(56)50-41-38-25-10-11-26-39(38)55(46(41)51-43)37-23-8-3-9-24-37/h1-6,8-17,19-30H,7,18H2. The molecule has 0 saturated heterocycles. The van der Waals surface area contributed by atoms with E-state index in [0.29, 0.717) is 28.8 Å². The lowest BCUT2D eigenvalue weighted by Gasteiger charge is -2.13. The van der Waals surface area contributed by atoms with E-state index in [1.54, 1.807) is 6.20 Å². The predicted octanol–water partition coefficient (Wildman–Crippen LogP) is 11.0. The van der Waals surface area contributed by atoms with Crippen molar-refractivity contribution in [3.8, 4) is 45.5 Å². The van der Waals surface area contributed by atoms with Crippen LogP contribution >= 0.6 is 0 Å². The minimum Gasteiger partial charge on any atom is -0.293 e. The van der Waals surface area contributed by atoms with E-state index < -0.39 is 0 Å². The molecule has 0 aliphatic heterocycles. The number of allylic oxidation sites excluding steroid dienone is 4. The monoisotopic (exact) mass is 720 g/mol. The van der Waals surface area contributed by atoms with Crippen molar-refractivity contribution >= 4 is 49.8 Å². The van der Waals surface area contributed by atoms with Gasteiger partial charge in [0.15, 0.2) is 22.9 Å². The van der Waals surface area contributed by atoms with Gasteiger partial charge >= 0.3 is 0 Å². The summed E-state index contributed by atoms with van der Waals surface area (Å²) in [4.78, 5) is 31.3. The lowest BCUT2D eigenvalue weighted by Crippen LogP contribution is -2.07. The summed E-state index contributed by atoms with van der Waals surface area (Å²) < 4.78 is 4.17. The average Bonchev–Trinajstić information content (AvgIpc) is 3.78. The van der Waals surface area contributed by atoms with E-state index in [1.165, 1.54) is 5.57 Å². The summed E-state index contributed by atoms with van der Waals surface area (Å²) in [5.74, 6) is 1.56. The van der Waals surface area contributed by atoms with Gasteiger partial charge in [0.2, 0.25) is 5.95 Å². The van der Waals surface area contributed by atoms with Crippen molar-refractivity contribution < 1.29 is 0 Å². The average molecular weight is 721 g/mol. The molecule has 10 aromatic rings. The largest absolute Gasteiger partial charge is 0.293 e. The lowest BCUT2D eigenvalue weighted by atomic mass is 9.96. The Hall–Kier alpha value is -7.58. The van der Waals surface area contributed by atoms with E-state index in [0.717, 1.165) is 79.4 Å². The van der Waals surface area contributed by atoms with E-state index in [2.05, 4.69) is 126 Å². The van der Waals surface area contributed by atoms with Crippen molar-refractivity contribution in [2.75, 3.05) is 0 Å². The molecule has 5 heterocycles. The Balaban J connectivity index is 1.19. The van der Waals surface area contributed by atoms with Gasteiger partial charge in [-0.3, -0.25) is 14.1 Å². The third-order valence-electron chi connectivity index (χ3n) is 10.5. The van der Waals surface area contributed by atoms with Crippen molar-refractivity contribution in [2.45, 2.75) is 12.8 Å². The van der Waals surface area contributed by atoms with Gasteiger partial charge in [0.25, 0.3) is 0 Å². The van der Waals surface area contributed by atoms with Gasteiger partial charge in [-0.1, -0.05) is 121 Å². The molecule has 0 spiro atoms. The molecule has 0 atom stereocenters. The number of fused-ring (bicyclic) bond motifs is 6. The first-order valence-electron chi connectivity index (χ1n) is 18.8. The SMILES string of the molecule is C1=CCCC(c2cccc(-c3nc(-c4cccc(-c5ccccc5)c4)nc(-n4c5cccnc5c5nc6c(nc54)c4ccccc4n6-c4ccccc4)n3)c2)=C1. The number of hydrogen-bond acceptors (Lipinski definition) is 6. The number of aromatic nitrogens is 8. The summed E-state index contributed by atoms with van der Waals surface area (Å²) in [6.45, 7) is 0. The molecule has 0 saturated carbocycles. The van der Waals surface area contributed by atoms with Gasteiger partial charge in [0.1, 0.15) is 16.6 Å². The Morgan fingerprint density at radius 2 is 1.11 bits per heavy atom. The second kappa shape index (κ2) is 13.1. The first-order chi connectivity index (χ1) is 27.8. The third-order valence-corrected chi connectivity index (χ3v) is 10.5. The van der Waals surface area contributed by atoms with E-state index in [1.807, 2.05) is 47.0 Å². The minimum atomic E-state index is 0.439. The first-order valence-corrected chi connectivity index (χ1v) is 18.8. The van der Waals surface area contributed by atoms with E-state index in [-0.39, 0.29) is 0 Å². The van der Waals surface area contributed by atoms with Crippen molar-refractivity contribution in [1.82, 2.24) is 39.0 Å². The zero-order chi connectivity index (χ0) is 37.0. The van der Waals surface area contributed by atoms with E-state index in [4.69, 9.17) is 29.9 Å². The Morgan fingerprint density at radius 1 is 0.464 bits per heavy atom. The maximum atomic E-state index is 5.42. The second-order valence-corrected chi connectivity index (χ2v) is 13.9. The summed E-state index contributed by atoms with van der Waals surface area (Å²) in [5, 5.41) is 1.00. The molecule has 56 heavy (non-hydrogen) atoms. The minimum absolute atomic E-state index is 0.439.